The highest BCUT2D eigenvalue weighted by atomic mass is 35.5. The molecule has 0 fully saturated rings. The molecule has 0 N–H and O–H groups in total. The first-order valence-electron chi connectivity index (χ1n) is 11.4. The van der Waals surface area contributed by atoms with Crippen LogP contribution >= 0.6 is 11.6 Å². The fourth-order valence-corrected chi connectivity index (χ4v) is 4.51. The van der Waals surface area contributed by atoms with Crippen molar-refractivity contribution < 1.29 is 14.3 Å². The van der Waals surface area contributed by atoms with Crippen LogP contribution in [0.5, 0.6) is 5.75 Å². The quantitative estimate of drug-likeness (QED) is 0.248. The predicted octanol–water partition coefficient (Wildman–Crippen LogP) is 6.49. The van der Waals surface area contributed by atoms with Crippen molar-refractivity contribution in [3.05, 3.63) is 106 Å². The minimum atomic E-state index is -0.273. The van der Waals surface area contributed by atoms with E-state index in [-0.39, 0.29) is 12.4 Å². The van der Waals surface area contributed by atoms with E-state index in [1.165, 1.54) is 7.11 Å². The third-order valence-corrected chi connectivity index (χ3v) is 6.52. The Morgan fingerprint density at radius 2 is 1.80 bits per heavy atom. The summed E-state index contributed by atoms with van der Waals surface area (Å²) in [5, 5.41) is 2.78. The number of para-hydroxylation sites is 1. The first kappa shape index (κ1) is 22.9. The molecule has 0 saturated heterocycles. The van der Waals surface area contributed by atoms with Crippen molar-refractivity contribution in [1.29, 1.82) is 0 Å². The van der Waals surface area contributed by atoms with Gasteiger partial charge in [0.2, 0.25) is 0 Å². The molecule has 2 aromatic heterocycles. The van der Waals surface area contributed by atoms with Crippen molar-refractivity contribution in [3.8, 4) is 5.75 Å². The van der Waals surface area contributed by atoms with Crippen molar-refractivity contribution in [2.75, 3.05) is 7.11 Å². The number of ether oxygens (including phenoxy) is 2. The Morgan fingerprint density at radius 3 is 2.60 bits per heavy atom. The van der Waals surface area contributed by atoms with Crippen LogP contribution in [-0.4, -0.2) is 22.6 Å². The molecule has 0 bridgehead atoms. The van der Waals surface area contributed by atoms with E-state index in [1.807, 2.05) is 79.7 Å². The van der Waals surface area contributed by atoms with Crippen LogP contribution < -0.4 is 4.74 Å². The minimum absolute atomic E-state index is 0.197. The molecule has 35 heavy (non-hydrogen) atoms. The van der Waals surface area contributed by atoms with Gasteiger partial charge < -0.3 is 14.0 Å². The number of hydrogen-bond acceptors (Lipinski definition) is 4. The van der Waals surface area contributed by atoms with Gasteiger partial charge in [-0.1, -0.05) is 48.0 Å². The number of carbonyl (C=O) groups excluding carboxylic acids is 1. The topological polar surface area (TPSA) is 53.4 Å². The van der Waals surface area contributed by atoms with Gasteiger partial charge in [0, 0.05) is 33.6 Å². The van der Waals surface area contributed by atoms with Crippen LogP contribution in [0.25, 0.3) is 21.8 Å². The maximum absolute atomic E-state index is 12.2. The Morgan fingerprint density at radius 1 is 1.00 bits per heavy atom. The lowest BCUT2D eigenvalue weighted by atomic mass is 10.1. The number of nitrogens with zero attached hydrogens (tertiary/aromatic N) is 2. The second kappa shape index (κ2) is 9.80. The van der Waals surface area contributed by atoms with Crippen LogP contribution in [0.3, 0.4) is 0 Å². The number of hydrogen-bond donors (Lipinski definition) is 0. The van der Waals surface area contributed by atoms with E-state index in [9.17, 15) is 4.79 Å². The Labute approximate surface area is 208 Å². The summed E-state index contributed by atoms with van der Waals surface area (Å²) in [7, 11) is 1.41. The maximum Gasteiger partial charge on any atom is 0.310 e. The van der Waals surface area contributed by atoms with E-state index in [4.69, 9.17) is 26.1 Å². The lowest BCUT2D eigenvalue weighted by molar-refractivity contribution is -0.139. The molecule has 0 aliphatic carbocycles. The minimum Gasteiger partial charge on any atom is -0.487 e. The van der Waals surface area contributed by atoms with Crippen molar-refractivity contribution in [3.63, 3.8) is 0 Å². The Bertz CT molecular complexity index is 1520. The molecule has 6 heteroatoms. The number of halogens is 1. The molecule has 5 nitrogen and oxygen atoms in total. The van der Waals surface area contributed by atoms with Crippen LogP contribution in [0.2, 0.25) is 5.02 Å². The SMILES string of the molecule is COC(=O)Cc1c(C)n(Cc2ccc(Cl)cc2)c2ccc(OCc3ccc4ccccc4n3)cc12. The number of esters is 1. The molecule has 0 aliphatic rings. The molecule has 0 radical (unpaired) electrons. The molecule has 0 aliphatic heterocycles. The smallest absolute Gasteiger partial charge is 0.310 e. The van der Waals surface area contributed by atoms with Gasteiger partial charge in [0.15, 0.2) is 0 Å². The summed E-state index contributed by atoms with van der Waals surface area (Å²) in [6.07, 6.45) is 0.197. The van der Waals surface area contributed by atoms with Gasteiger partial charge in [0.1, 0.15) is 12.4 Å². The first-order valence-corrected chi connectivity index (χ1v) is 11.8. The fraction of sp³-hybridized carbons (Fsp3) is 0.172. The normalized spacial score (nSPS) is 11.2. The van der Waals surface area contributed by atoms with E-state index in [0.29, 0.717) is 18.2 Å². The summed E-state index contributed by atoms with van der Waals surface area (Å²) in [6, 6.07) is 25.9. The van der Waals surface area contributed by atoms with Crippen LogP contribution in [-0.2, 0) is 29.1 Å². The molecular formula is C29H25ClN2O3. The molecule has 5 aromatic rings. The standard InChI is InChI=1S/C29H25ClN2O3/c1-19-25(16-29(33)34-2)26-15-24(35-18-23-12-9-21-5-3-4-6-27(21)31-23)13-14-28(26)32(19)17-20-7-10-22(30)11-8-20/h3-15H,16-18H2,1-2H3. The summed E-state index contributed by atoms with van der Waals surface area (Å²) in [5.41, 5.74) is 5.92. The Hall–Kier alpha value is -3.83. The highest BCUT2D eigenvalue weighted by Gasteiger charge is 2.18. The second-order valence-electron chi connectivity index (χ2n) is 8.49. The van der Waals surface area contributed by atoms with Crippen molar-refractivity contribution in [2.24, 2.45) is 0 Å². The molecule has 176 valence electrons. The third-order valence-electron chi connectivity index (χ3n) is 6.27. The summed E-state index contributed by atoms with van der Waals surface area (Å²) in [5.74, 6) is 0.451. The van der Waals surface area contributed by atoms with Gasteiger partial charge in [-0.05, 0) is 60.5 Å². The molecule has 0 spiro atoms. The van der Waals surface area contributed by atoms with Gasteiger partial charge in [0.25, 0.3) is 0 Å². The molecule has 0 unspecified atom stereocenters. The number of aromatic nitrogens is 2. The lowest BCUT2D eigenvalue weighted by Crippen LogP contribution is -2.07. The van der Waals surface area contributed by atoms with E-state index < -0.39 is 0 Å². The average molecular weight is 485 g/mol. The second-order valence-corrected chi connectivity index (χ2v) is 8.93. The van der Waals surface area contributed by atoms with E-state index in [2.05, 4.69) is 10.6 Å². The van der Waals surface area contributed by atoms with Gasteiger partial charge >= 0.3 is 5.97 Å². The number of pyridine rings is 1. The average Bonchev–Trinajstić information content (AvgIpc) is 3.13. The summed E-state index contributed by atoms with van der Waals surface area (Å²) in [4.78, 5) is 16.9. The van der Waals surface area contributed by atoms with E-state index in [1.54, 1.807) is 0 Å². The number of methoxy groups -OCH3 is 1. The van der Waals surface area contributed by atoms with Crippen molar-refractivity contribution in [2.45, 2.75) is 26.5 Å². The largest absolute Gasteiger partial charge is 0.487 e. The molecule has 0 amide bonds. The summed E-state index contributed by atoms with van der Waals surface area (Å²) < 4.78 is 13.3. The van der Waals surface area contributed by atoms with Gasteiger partial charge in [0.05, 0.1) is 24.7 Å². The van der Waals surface area contributed by atoms with Crippen molar-refractivity contribution >= 4 is 39.4 Å². The van der Waals surface area contributed by atoms with Gasteiger partial charge in [-0.2, -0.15) is 0 Å². The number of rotatable bonds is 7. The maximum atomic E-state index is 12.2. The zero-order valence-electron chi connectivity index (χ0n) is 19.6. The van der Waals surface area contributed by atoms with Gasteiger partial charge in [-0.3, -0.25) is 4.79 Å². The fourth-order valence-electron chi connectivity index (χ4n) is 4.38. The summed E-state index contributed by atoms with van der Waals surface area (Å²) >= 11 is 6.06. The Balaban J connectivity index is 1.47. The molecular weight excluding hydrogens is 460 g/mol. The zero-order chi connectivity index (χ0) is 24.4. The van der Waals surface area contributed by atoms with Gasteiger partial charge in [-0.25, -0.2) is 4.98 Å². The molecule has 5 rings (SSSR count). The van der Waals surface area contributed by atoms with Gasteiger partial charge in [-0.15, -0.1) is 0 Å². The van der Waals surface area contributed by atoms with E-state index in [0.717, 1.165) is 50.1 Å². The number of fused-ring (bicyclic) bond motifs is 2. The van der Waals surface area contributed by atoms with E-state index >= 15 is 0 Å². The molecule has 0 saturated carbocycles. The monoisotopic (exact) mass is 484 g/mol. The molecule has 0 atom stereocenters. The zero-order valence-corrected chi connectivity index (χ0v) is 20.4. The van der Waals surface area contributed by atoms with Crippen LogP contribution in [0, 0.1) is 6.92 Å². The molecule has 2 heterocycles. The highest BCUT2D eigenvalue weighted by Crippen LogP contribution is 2.31. The van der Waals surface area contributed by atoms with Crippen LogP contribution in [0.1, 0.15) is 22.5 Å². The van der Waals surface area contributed by atoms with Crippen LogP contribution in [0.15, 0.2) is 78.9 Å². The molecule has 3 aromatic carbocycles. The number of carbonyl (C=O) groups is 1. The van der Waals surface area contributed by atoms with Crippen LogP contribution in [0.4, 0.5) is 0 Å². The summed E-state index contributed by atoms with van der Waals surface area (Å²) in [6.45, 7) is 3.06. The third kappa shape index (κ3) is 4.86. The number of benzene rings is 3. The predicted molar refractivity (Wildman–Crippen MR) is 139 cm³/mol. The first-order chi connectivity index (χ1) is 17.0. The Kier molecular flexibility index (Phi) is 6.43. The highest BCUT2D eigenvalue weighted by molar-refractivity contribution is 6.30. The van der Waals surface area contributed by atoms with Crippen molar-refractivity contribution in [1.82, 2.24) is 9.55 Å². The lowest BCUT2D eigenvalue weighted by Gasteiger charge is -2.10.